The number of nitrogens with zero attached hydrogens (tertiary/aromatic N) is 1. The van der Waals surface area contributed by atoms with Gasteiger partial charge in [0.05, 0.1) is 5.69 Å². The number of aliphatic carboxylic acids is 2. The second kappa shape index (κ2) is 12.7. The number of carbonyl (C=O) groups excluding carboxylic acids is 3. The minimum Gasteiger partial charge on any atom is -0.480 e. The number of terminal acetylenes is 1. The molecule has 0 bridgehead atoms. The number of carbonyl (C=O) groups is 5. The SMILES string of the molecule is C#Cc1ccc(N(O)C(=O)CCC(NC(=O)CCC(N)C(=O)O)C(=O)NCC(=O)O)cc1. The van der Waals surface area contributed by atoms with Gasteiger partial charge >= 0.3 is 11.9 Å². The van der Waals surface area contributed by atoms with E-state index < -0.39 is 48.3 Å². The van der Waals surface area contributed by atoms with Gasteiger partial charge in [-0.15, -0.1) is 6.42 Å². The van der Waals surface area contributed by atoms with Gasteiger partial charge in [0, 0.05) is 18.4 Å². The van der Waals surface area contributed by atoms with Crippen molar-refractivity contribution in [3.63, 3.8) is 0 Å². The van der Waals surface area contributed by atoms with Gasteiger partial charge in [0.25, 0.3) is 5.91 Å². The smallest absolute Gasteiger partial charge is 0.322 e. The zero-order valence-electron chi connectivity index (χ0n) is 17.0. The van der Waals surface area contributed by atoms with Crippen LogP contribution in [0.3, 0.4) is 0 Å². The predicted octanol–water partition coefficient (Wildman–Crippen LogP) is -0.952. The normalized spacial score (nSPS) is 12.0. The summed E-state index contributed by atoms with van der Waals surface area (Å²) in [6.45, 7) is -0.712. The molecule has 2 unspecified atom stereocenters. The zero-order chi connectivity index (χ0) is 24.3. The maximum atomic E-state index is 12.3. The molecule has 12 nitrogen and oxygen atoms in total. The van der Waals surface area contributed by atoms with Crippen LogP contribution in [-0.2, 0) is 24.0 Å². The maximum absolute atomic E-state index is 12.3. The molecule has 7 N–H and O–H groups in total. The number of carboxylic acids is 2. The van der Waals surface area contributed by atoms with Crippen molar-refractivity contribution in [2.45, 2.75) is 37.8 Å². The number of carboxylic acid groups (broad SMARTS) is 2. The Labute approximate surface area is 183 Å². The van der Waals surface area contributed by atoms with Crippen molar-refractivity contribution in [1.82, 2.24) is 10.6 Å². The first-order valence-corrected chi connectivity index (χ1v) is 9.41. The number of hydrogen-bond acceptors (Lipinski definition) is 7. The molecule has 2 atom stereocenters. The highest BCUT2D eigenvalue weighted by atomic mass is 16.5. The monoisotopic (exact) mass is 448 g/mol. The van der Waals surface area contributed by atoms with Crippen LogP contribution in [-0.4, -0.2) is 63.7 Å². The highest BCUT2D eigenvalue weighted by Crippen LogP contribution is 2.15. The summed E-state index contributed by atoms with van der Waals surface area (Å²) in [7, 11) is 0. The first-order chi connectivity index (χ1) is 15.0. The van der Waals surface area contributed by atoms with Gasteiger partial charge in [0.1, 0.15) is 18.6 Å². The van der Waals surface area contributed by atoms with E-state index in [9.17, 15) is 29.2 Å². The summed E-state index contributed by atoms with van der Waals surface area (Å²) in [6.07, 6.45) is 4.10. The van der Waals surface area contributed by atoms with Crippen LogP contribution in [0, 0.1) is 12.3 Å². The fourth-order valence-electron chi connectivity index (χ4n) is 2.45. The van der Waals surface area contributed by atoms with Gasteiger partial charge in [-0.1, -0.05) is 5.92 Å². The van der Waals surface area contributed by atoms with E-state index in [4.69, 9.17) is 22.4 Å². The molecule has 0 saturated carbocycles. The average molecular weight is 448 g/mol. The topological polar surface area (TPSA) is 199 Å². The minimum atomic E-state index is -1.32. The van der Waals surface area contributed by atoms with Gasteiger partial charge in [-0.3, -0.25) is 29.2 Å². The third-order valence-electron chi connectivity index (χ3n) is 4.23. The Morgan fingerprint density at radius 3 is 2.22 bits per heavy atom. The van der Waals surface area contributed by atoms with Crippen molar-refractivity contribution in [2.75, 3.05) is 11.6 Å². The molecule has 3 amide bonds. The Morgan fingerprint density at radius 2 is 1.69 bits per heavy atom. The number of nitrogens with one attached hydrogen (secondary N) is 2. The molecule has 0 aromatic heterocycles. The number of hydrogen-bond donors (Lipinski definition) is 6. The Bertz CT molecular complexity index is 894. The number of benzene rings is 1. The van der Waals surface area contributed by atoms with E-state index in [1.165, 1.54) is 24.3 Å². The molecule has 0 saturated heterocycles. The van der Waals surface area contributed by atoms with Crippen LogP contribution >= 0.6 is 0 Å². The van der Waals surface area contributed by atoms with Gasteiger partial charge < -0.3 is 26.6 Å². The van der Waals surface area contributed by atoms with E-state index >= 15 is 0 Å². The van der Waals surface area contributed by atoms with Crippen LogP contribution in [0.25, 0.3) is 0 Å². The molecule has 1 rings (SSSR count). The molecular weight excluding hydrogens is 424 g/mol. The first kappa shape index (κ1) is 26.1. The molecule has 0 aliphatic heterocycles. The quantitative estimate of drug-likeness (QED) is 0.132. The summed E-state index contributed by atoms with van der Waals surface area (Å²) >= 11 is 0. The van der Waals surface area contributed by atoms with E-state index in [0.29, 0.717) is 10.6 Å². The summed E-state index contributed by atoms with van der Waals surface area (Å²) in [5.74, 6) is -2.59. The maximum Gasteiger partial charge on any atom is 0.322 e. The van der Waals surface area contributed by atoms with Gasteiger partial charge in [-0.25, -0.2) is 0 Å². The van der Waals surface area contributed by atoms with E-state index in [-0.39, 0.29) is 31.4 Å². The average Bonchev–Trinajstić information content (AvgIpc) is 2.77. The number of amides is 3. The summed E-state index contributed by atoms with van der Waals surface area (Å²) < 4.78 is 0. The lowest BCUT2D eigenvalue weighted by atomic mass is 10.1. The number of anilines is 1. The Balaban J connectivity index is 2.76. The van der Waals surface area contributed by atoms with Gasteiger partial charge in [-0.05, 0) is 37.1 Å². The van der Waals surface area contributed by atoms with Crippen LogP contribution in [0.5, 0.6) is 0 Å². The molecule has 32 heavy (non-hydrogen) atoms. The van der Waals surface area contributed by atoms with Gasteiger partial charge in [0.15, 0.2) is 0 Å². The molecule has 0 aliphatic rings. The lowest BCUT2D eigenvalue weighted by Gasteiger charge is -2.20. The molecule has 172 valence electrons. The number of nitrogens with two attached hydrogens (primary N) is 1. The van der Waals surface area contributed by atoms with Crippen LogP contribution in [0.1, 0.15) is 31.2 Å². The highest BCUT2D eigenvalue weighted by Gasteiger charge is 2.24. The fraction of sp³-hybridized carbons (Fsp3) is 0.350. The Morgan fingerprint density at radius 1 is 1.06 bits per heavy atom. The molecule has 12 heteroatoms. The summed E-state index contributed by atoms with van der Waals surface area (Å²) in [5, 5.41) is 32.3. The van der Waals surface area contributed by atoms with Crippen molar-refractivity contribution in [2.24, 2.45) is 5.73 Å². The van der Waals surface area contributed by atoms with Crippen LogP contribution in [0.15, 0.2) is 24.3 Å². The van der Waals surface area contributed by atoms with Crippen LogP contribution in [0.2, 0.25) is 0 Å². The van der Waals surface area contributed by atoms with Crippen molar-refractivity contribution < 1.29 is 39.4 Å². The van der Waals surface area contributed by atoms with Crippen molar-refractivity contribution in [3.8, 4) is 12.3 Å². The molecule has 0 radical (unpaired) electrons. The Hall–Kier alpha value is -3.95. The molecule has 0 fully saturated rings. The molecule has 0 heterocycles. The first-order valence-electron chi connectivity index (χ1n) is 9.41. The second-order valence-electron chi connectivity index (χ2n) is 6.65. The molecule has 1 aromatic rings. The highest BCUT2D eigenvalue weighted by molar-refractivity contribution is 5.93. The summed E-state index contributed by atoms with van der Waals surface area (Å²) in [5.41, 5.74) is 6.00. The molecule has 1 aromatic carbocycles. The minimum absolute atomic E-state index is 0.132. The number of hydroxylamine groups is 1. The second-order valence-corrected chi connectivity index (χ2v) is 6.65. The largest absolute Gasteiger partial charge is 0.480 e. The lowest BCUT2D eigenvalue weighted by molar-refractivity contribution is -0.139. The molecule has 0 aliphatic carbocycles. The van der Waals surface area contributed by atoms with E-state index in [2.05, 4.69) is 16.6 Å². The third-order valence-corrected chi connectivity index (χ3v) is 4.23. The lowest BCUT2D eigenvalue weighted by Crippen LogP contribution is -2.48. The predicted molar refractivity (Wildman–Crippen MR) is 110 cm³/mol. The Kier molecular flexibility index (Phi) is 10.3. The van der Waals surface area contributed by atoms with E-state index in [0.717, 1.165) is 0 Å². The third kappa shape index (κ3) is 8.82. The fourth-order valence-corrected chi connectivity index (χ4v) is 2.45. The molecular formula is C20H24N4O8. The van der Waals surface area contributed by atoms with Crippen molar-refractivity contribution in [1.29, 1.82) is 0 Å². The van der Waals surface area contributed by atoms with E-state index in [1.807, 2.05) is 0 Å². The van der Waals surface area contributed by atoms with Gasteiger partial charge in [-0.2, -0.15) is 5.06 Å². The van der Waals surface area contributed by atoms with E-state index in [1.54, 1.807) is 0 Å². The number of rotatable bonds is 12. The zero-order valence-corrected chi connectivity index (χ0v) is 17.0. The van der Waals surface area contributed by atoms with Crippen molar-refractivity contribution >= 4 is 35.3 Å². The van der Waals surface area contributed by atoms with Crippen LogP contribution < -0.4 is 21.4 Å². The van der Waals surface area contributed by atoms with Crippen LogP contribution in [0.4, 0.5) is 5.69 Å². The van der Waals surface area contributed by atoms with Gasteiger partial charge in [0.2, 0.25) is 11.8 Å². The standard InChI is InChI=1S/C20H24N4O8/c1-2-12-3-5-13(6-4-12)24(32)17(26)10-8-15(19(29)22-11-18(27)28)23-16(25)9-7-14(21)20(30)31/h1,3-6,14-15,32H,7-11,21H2,(H,22,29)(H,23,25)(H,27,28)(H,30,31). The van der Waals surface area contributed by atoms with Crippen molar-refractivity contribution in [3.05, 3.63) is 29.8 Å². The molecule has 0 spiro atoms. The summed E-state index contributed by atoms with van der Waals surface area (Å²) in [4.78, 5) is 58.0. The summed E-state index contributed by atoms with van der Waals surface area (Å²) in [6, 6.07) is 3.27.